The molecule has 122 valence electrons. The van der Waals surface area contributed by atoms with Gasteiger partial charge in [-0.3, -0.25) is 0 Å². The first kappa shape index (κ1) is 17.2. The fraction of sp³-hybridized carbons (Fsp3) is 0.278. The van der Waals surface area contributed by atoms with Crippen molar-refractivity contribution in [1.82, 2.24) is 5.32 Å². The molecule has 0 aliphatic carbocycles. The number of carbonyl (C=O) groups is 1. The molecule has 0 spiro atoms. The Hall–Kier alpha value is -2.20. The molecule has 23 heavy (non-hydrogen) atoms. The third kappa shape index (κ3) is 4.63. The fourth-order valence-corrected chi connectivity index (χ4v) is 2.36. The molecule has 0 bridgehead atoms. The Bertz CT molecular complexity index is 669. The summed E-state index contributed by atoms with van der Waals surface area (Å²) >= 11 is 6.03. The molecule has 0 atom stereocenters. The van der Waals surface area contributed by atoms with Gasteiger partial charge in [0.15, 0.2) is 0 Å². The first-order valence-electron chi connectivity index (χ1n) is 7.36. The van der Waals surface area contributed by atoms with Crippen LogP contribution in [0.4, 0.5) is 10.5 Å². The number of halogens is 1. The summed E-state index contributed by atoms with van der Waals surface area (Å²) in [5.74, 6) is 0.814. The smallest absolute Gasteiger partial charge is 0.319 e. The van der Waals surface area contributed by atoms with Gasteiger partial charge in [-0.05, 0) is 29.8 Å². The quantitative estimate of drug-likeness (QED) is 0.850. The molecule has 2 N–H and O–H groups in total. The highest BCUT2D eigenvalue weighted by Crippen LogP contribution is 2.25. The molecule has 0 aromatic heterocycles. The van der Waals surface area contributed by atoms with Crippen LogP contribution in [0.5, 0.6) is 5.75 Å². The highest BCUT2D eigenvalue weighted by molar-refractivity contribution is 6.33. The molecule has 2 aromatic rings. The van der Waals surface area contributed by atoms with E-state index in [1.165, 1.54) is 0 Å². The fourth-order valence-electron chi connectivity index (χ4n) is 2.17. The molecule has 2 amide bonds. The molecule has 0 fully saturated rings. The van der Waals surface area contributed by atoms with Gasteiger partial charge in [-0.15, -0.1) is 0 Å². The van der Waals surface area contributed by atoms with Crippen LogP contribution >= 0.6 is 11.6 Å². The molecule has 0 radical (unpaired) electrons. The first-order valence-corrected chi connectivity index (χ1v) is 7.74. The van der Waals surface area contributed by atoms with Gasteiger partial charge in [0.2, 0.25) is 0 Å². The van der Waals surface area contributed by atoms with Crippen LogP contribution in [0.15, 0.2) is 48.5 Å². The third-order valence-corrected chi connectivity index (χ3v) is 4.01. The number of carbonyl (C=O) groups excluding carboxylic acids is 1. The predicted molar refractivity (Wildman–Crippen MR) is 94.5 cm³/mol. The molecule has 2 aromatic carbocycles. The lowest BCUT2D eigenvalue weighted by Crippen LogP contribution is -2.39. The summed E-state index contributed by atoms with van der Waals surface area (Å²) in [7, 11) is 1.64. The monoisotopic (exact) mass is 332 g/mol. The van der Waals surface area contributed by atoms with Crippen LogP contribution in [0.1, 0.15) is 19.4 Å². The Morgan fingerprint density at radius 3 is 2.39 bits per heavy atom. The SMILES string of the molecule is COc1ccc(C(C)(C)CNC(=O)Nc2ccccc2Cl)cc1. The lowest BCUT2D eigenvalue weighted by Gasteiger charge is -2.26. The topological polar surface area (TPSA) is 50.4 Å². The standard InChI is InChI=1S/C18H21ClN2O2/c1-18(2,13-8-10-14(23-3)11-9-13)12-20-17(22)21-16-7-5-4-6-15(16)19/h4-11H,12H2,1-3H3,(H2,20,21,22). The number of ether oxygens (including phenoxy) is 1. The van der Waals surface area contributed by atoms with Crippen molar-refractivity contribution in [3.8, 4) is 5.75 Å². The van der Waals surface area contributed by atoms with Gasteiger partial charge in [-0.25, -0.2) is 4.79 Å². The van der Waals surface area contributed by atoms with Crippen LogP contribution in [0.25, 0.3) is 0 Å². The van der Waals surface area contributed by atoms with Crippen molar-refractivity contribution in [2.45, 2.75) is 19.3 Å². The summed E-state index contributed by atoms with van der Waals surface area (Å²) in [6.07, 6.45) is 0. The molecule has 0 saturated heterocycles. The van der Waals surface area contributed by atoms with Crippen molar-refractivity contribution in [1.29, 1.82) is 0 Å². The van der Waals surface area contributed by atoms with Crippen LogP contribution < -0.4 is 15.4 Å². The van der Waals surface area contributed by atoms with Crippen molar-refractivity contribution < 1.29 is 9.53 Å². The molecule has 0 unspecified atom stereocenters. The molecule has 4 nitrogen and oxygen atoms in total. The largest absolute Gasteiger partial charge is 0.497 e. The van der Waals surface area contributed by atoms with E-state index in [9.17, 15) is 4.79 Å². The number of rotatable bonds is 5. The summed E-state index contributed by atoms with van der Waals surface area (Å²) in [5.41, 5.74) is 1.51. The van der Waals surface area contributed by atoms with E-state index >= 15 is 0 Å². The van der Waals surface area contributed by atoms with Crippen LogP contribution in [-0.2, 0) is 5.41 Å². The molecular weight excluding hydrogens is 312 g/mol. The Morgan fingerprint density at radius 1 is 1.13 bits per heavy atom. The summed E-state index contributed by atoms with van der Waals surface area (Å²) in [5, 5.41) is 6.15. The van der Waals surface area contributed by atoms with E-state index in [-0.39, 0.29) is 11.4 Å². The second kappa shape index (κ2) is 7.38. The highest BCUT2D eigenvalue weighted by atomic mass is 35.5. The maximum atomic E-state index is 12.0. The maximum Gasteiger partial charge on any atom is 0.319 e. The molecule has 0 saturated carbocycles. The van der Waals surface area contributed by atoms with Gasteiger partial charge in [0.25, 0.3) is 0 Å². The van der Waals surface area contributed by atoms with E-state index in [1.807, 2.05) is 36.4 Å². The molecule has 0 aliphatic heterocycles. The summed E-state index contributed by atoms with van der Waals surface area (Å²) in [4.78, 5) is 12.0. The van der Waals surface area contributed by atoms with E-state index in [0.29, 0.717) is 17.3 Å². The van der Waals surface area contributed by atoms with E-state index < -0.39 is 0 Å². The molecule has 0 heterocycles. The van der Waals surface area contributed by atoms with Gasteiger partial charge in [0.05, 0.1) is 17.8 Å². The van der Waals surface area contributed by atoms with Crippen LogP contribution in [0, 0.1) is 0 Å². The van der Waals surface area contributed by atoms with Crippen LogP contribution in [0.3, 0.4) is 0 Å². The van der Waals surface area contributed by atoms with Crippen molar-refractivity contribution in [2.24, 2.45) is 0 Å². The Balaban J connectivity index is 1.95. The molecular formula is C18H21ClN2O2. The van der Waals surface area contributed by atoms with Gasteiger partial charge >= 0.3 is 6.03 Å². The molecule has 5 heteroatoms. The van der Waals surface area contributed by atoms with E-state index in [1.54, 1.807) is 19.2 Å². The van der Waals surface area contributed by atoms with Crippen LogP contribution in [0.2, 0.25) is 5.02 Å². The highest BCUT2D eigenvalue weighted by Gasteiger charge is 2.21. The predicted octanol–water partition coefficient (Wildman–Crippen LogP) is 4.45. The summed E-state index contributed by atoms with van der Waals surface area (Å²) in [6.45, 7) is 4.64. The normalized spacial score (nSPS) is 11.0. The summed E-state index contributed by atoms with van der Waals surface area (Å²) < 4.78 is 5.17. The number of urea groups is 1. The van der Waals surface area contributed by atoms with Gasteiger partial charge < -0.3 is 15.4 Å². The molecule has 2 rings (SSSR count). The van der Waals surface area contributed by atoms with Gasteiger partial charge in [-0.1, -0.05) is 49.7 Å². The Morgan fingerprint density at radius 2 is 1.78 bits per heavy atom. The average Bonchev–Trinajstić information content (AvgIpc) is 2.55. The molecule has 0 aliphatic rings. The van der Waals surface area contributed by atoms with Gasteiger partial charge in [0.1, 0.15) is 5.75 Å². The van der Waals surface area contributed by atoms with Crippen LogP contribution in [-0.4, -0.2) is 19.7 Å². The maximum absolute atomic E-state index is 12.0. The van der Waals surface area contributed by atoms with Gasteiger partial charge in [-0.2, -0.15) is 0 Å². The number of hydrogen-bond acceptors (Lipinski definition) is 2. The minimum absolute atomic E-state index is 0.204. The van der Waals surface area contributed by atoms with Crippen molar-refractivity contribution >= 4 is 23.3 Å². The lowest BCUT2D eigenvalue weighted by atomic mass is 9.84. The van der Waals surface area contributed by atoms with E-state index in [2.05, 4.69) is 24.5 Å². The van der Waals surface area contributed by atoms with Crippen molar-refractivity contribution in [3.63, 3.8) is 0 Å². The first-order chi connectivity index (χ1) is 10.9. The number of amides is 2. The number of methoxy groups -OCH3 is 1. The summed E-state index contributed by atoms with van der Waals surface area (Å²) in [6, 6.07) is 14.7. The van der Waals surface area contributed by atoms with Crippen molar-refractivity contribution in [3.05, 3.63) is 59.1 Å². The zero-order valence-corrected chi connectivity index (χ0v) is 14.3. The van der Waals surface area contributed by atoms with Gasteiger partial charge in [0, 0.05) is 12.0 Å². The Kier molecular flexibility index (Phi) is 5.50. The minimum Gasteiger partial charge on any atom is -0.497 e. The Labute approximate surface area is 141 Å². The number of benzene rings is 2. The van der Waals surface area contributed by atoms with Crippen molar-refractivity contribution in [2.75, 3.05) is 19.0 Å². The number of hydrogen-bond donors (Lipinski definition) is 2. The lowest BCUT2D eigenvalue weighted by molar-refractivity contribution is 0.249. The third-order valence-electron chi connectivity index (χ3n) is 3.68. The van der Waals surface area contributed by atoms with E-state index in [0.717, 1.165) is 11.3 Å². The van der Waals surface area contributed by atoms with E-state index in [4.69, 9.17) is 16.3 Å². The zero-order valence-electron chi connectivity index (χ0n) is 13.5. The number of para-hydroxylation sites is 1. The second-order valence-corrected chi connectivity index (χ2v) is 6.31. The average molecular weight is 333 g/mol. The zero-order chi connectivity index (χ0) is 16.9. The number of anilines is 1. The minimum atomic E-state index is -0.278. The second-order valence-electron chi connectivity index (χ2n) is 5.90. The number of nitrogens with one attached hydrogen (secondary N) is 2.